The van der Waals surface area contributed by atoms with Crippen molar-refractivity contribution >= 4 is 34.5 Å². The van der Waals surface area contributed by atoms with Gasteiger partial charge in [-0.05, 0) is 39.8 Å². The Morgan fingerprint density at radius 1 is 1.12 bits per heavy atom. The topological polar surface area (TPSA) is 79.2 Å². The average Bonchev–Trinajstić information content (AvgIpc) is 3.08. The van der Waals surface area contributed by atoms with Crippen LogP contribution in [0.3, 0.4) is 0 Å². The summed E-state index contributed by atoms with van der Waals surface area (Å²) in [6.07, 6.45) is 0.712. The average molecular weight is 456 g/mol. The number of halogens is 1. The number of hydrogen-bond acceptors (Lipinski definition) is 5. The molecule has 1 aromatic carbocycles. The number of aromatic nitrogens is 4. The molecular weight excluding hydrogens is 426 g/mol. The lowest BCUT2D eigenvalue weighted by Gasteiger charge is -2.37. The molecular formula is C23H30ClN7O. The molecule has 2 amide bonds. The fraction of sp³-hybridized carbons (Fsp3) is 0.478. The zero-order valence-electron chi connectivity index (χ0n) is 19.3. The number of fused-ring (bicyclic) bond motifs is 1. The predicted molar refractivity (Wildman–Crippen MR) is 128 cm³/mol. The van der Waals surface area contributed by atoms with Gasteiger partial charge in [0.2, 0.25) is 0 Å². The van der Waals surface area contributed by atoms with Crippen molar-refractivity contribution in [2.45, 2.75) is 46.6 Å². The number of hydrogen-bond donors (Lipinski definition) is 1. The molecule has 1 aliphatic rings. The first kappa shape index (κ1) is 22.3. The number of amides is 2. The number of piperazine rings is 1. The summed E-state index contributed by atoms with van der Waals surface area (Å²) in [4.78, 5) is 26.3. The maximum Gasteiger partial charge on any atom is 0.317 e. The Morgan fingerprint density at radius 2 is 1.81 bits per heavy atom. The van der Waals surface area contributed by atoms with Crippen molar-refractivity contribution in [3.63, 3.8) is 0 Å². The number of nitrogens with zero attached hydrogens (tertiary/aromatic N) is 6. The second kappa shape index (κ2) is 8.58. The number of para-hydroxylation sites is 1. The largest absolute Gasteiger partial charge is 0.352 e. The minimum Gasteiger partial charge on any atom is -0.352 e. The maximum absolute atomic E-state index is 12.6. The minimum atomic E-state index is -0.256. The molecule has 0 spiro atoms. The molecule has 4 rings (SSSR count). The second-order valence-corrected chi connectivity index (χ2v) is 9.53. The standard InChI is InChI=1S/C23H30ClN7O/c1-6-18-25-20(29-11-13-30(14-12-29)22(32)27-23(3,4)5)19-15(2)28-31(21(19)26-18)17-10-8-7-9-16(17)24/h7-10H,6,11-14H2,1-5H3,(H,27,32). The summed E-state index contributed by atoms with van der Waals surface area (Å²) in [7, 11) is 0. The van der Waals surface area contributed by atoms with Gasteiger partial charge in [0.25, 0.3) is 0 Å². The molecule has 170 valence electrons. The SMILES string of the molecule is CCc1nc(N2CCN(C(=O)NC(C)(C)C)CC2)c2c(C)nn(-c3ccccc3Cl)c2n1. The molecule has 0 atom stereocenters. The molecule has 8 nitrogen and oxygen atoms in total. The van der Waals surface area contributed by atoms with Gasteiger partial charge in [0.1, 0.15) is 11.6 Å². The van der Waals surface area contributed by atoms with E-state index in [1.807, 2.05) is 68.5 Å². The minimum absolute atomic E-state index is 0.0260. The van der Waals surface area contributed by atoms with E-state index in [9.17, 15) is 4.79 Å². The van der Waals surface area contributed by atoms with Crippen LogP contribution in [0.2, 0.25) is 5.02 Å². The highest BCUT2D eigenvalue weighted by Crippen LogP contribution is 2.31. The lowest BCUT2D eigenvalue weighted by Crippen LogP contribution is -2.55. The van der Waals surface area contributed by atoms with E-state index in [1.54, 1.807) is 0 Å². The van der Waals surface area contributed by atoms with Gasteiger partial charge in [0.15, 0.2) is 5.65 Å². The van der Waals surface area contributed by atoms with E-state index >= 15 is 0 Å². The summed E-state index contributed by atoms with van der Waals surface area (Å²) in [6, 6.07) is 7.60. The van der Waals surface area contributed by atoms with Crippen molar-refractivity contribution < 1.29 is 4.79 Å². The van der Waals surface area contributed by atoms with E-state index in [1.165, 1.54) is 0 Å². The van der Waals surface area contributed by atoms with Gasteiger partial charge < -0.3 is 15.1 Å². The first-order valence-electron chi connectivity index (χ1n) is 11.0. The van der Waals surface area contributed by atoms with Gasteiger partial charge in [-0.2, -0.15) is 5.10 Å². The first-order valence-corrected chi connectivity index (χ1v) is 11.4. The van der Waals surface area contributed by atoms with Crippen molar-refractivity contribution in [2.24, 2.45) is 0 Å². The van der Waals surface area contributed by atoms with Crippen molar-refractivity contribution in [3.8, 4) is 5.69 Å². The molecule has 1 aliphatic heterocycles. The summed E-state index contributed by atoms with van der Waals surface area (Å²) < 4.78 is 1.81. The number of aryl methyl sites for hydroxylation is 2. The molecule has 9 heteroatoms. The Labute approximate surface area is 193 Å². The third-order valence-electron chi connectivity index (χ3n) is 5.47. The quantitative estimate of drug-likeness (QED) is 0.646. The molecule has 3 aromatic rings. The summed E-state index contributed by atoms with van der Waals surface area (Å²) in [5.74, 6) is 1.63. The van der Waals surface area contributed by atoms with Gasteiger partial charge in [-0.1, -0.05) is 30.7 Å². The van der Waals surface area contributed by atoms with Crippen molar-refractivity contribution in [1.29, 1.82) is 0 Å². The Balaban J connectivity index is 1.68. The van der Waals surface area contributed by atoms with Crippen LogP contribution < -0.4 is 10.2 Å². The fourth-order valence-corrected chi connectivity index (χ4v) is 4.12. The highest BCUT2D eigenvalue weighted by Gasteiger charge is 2.27. The van der Waals surface area contributed by atoms with Crippen LogP contribution in [-0.4, -0.2) is 62.4 Å². The molecule has 0 aliphatic carbocycles. The van der Waals surface area contributed by atoms with Gasteiger partial charge in [-0.25, -0.2) is 19.4 Å². The van der Waals surface area contributed by atoms with Gasteiger partial charge in [-0.15, -0.1) is 0 Å². The van der Waals surface area contributed by atoms with Gasteiger partial charge >= 0.3 is 6.03 Å². The van der Waals surface area contributed by atoms with Crippen molar-refractivity contribution in [2.75, 3.05) is 31.1 Å². The second-order valence-electron chi connectivity index (χ2n) is 9.12. The Kier molecular flexibility index (Phi) is 5.99. The van der Waals surface area contributed by atoms with Crippen LogP contribution in [0, 0.1) is 6.92 Å². The molecule has 1 N–H and O–H groups in total. The highest BCUT2D eigenvalue weighted by molar-refractivity contribution is 6.32. The van der Waals surface area contributed by atoms with E-state index in [0.29, 0.717) is 37.6 Å². The third-order valence-corrected chi connectivity index (χ3v) is 5.79. The highest BCUT2D eigenvalue weighted by atomic mass is 35.5. The zero-order chi connectivity index (χ0) is 23.0. The van der Waals surface area contributed by atoms with Crippen molar-refractivity contribution in [3.05, 3.63) is 40.8 Å². The molecule has 0 bridgehead atoms. The lowest BCUT2D eigenvalue weighted by molar-refractivity contribution is 0.185. The van der Waals surface area contributed by atoms with E-state index in [0.717, 1.165) is 34.1 Å². The maximum atomic E-state index is 12.6. The van der Waals surface area contributed by atoms with Crippen LogP contribution in [-0.2, 0) is 6.42 Å². The fourth-order valence-electron chi connectivity index (χ4n) is 3.91. The Bertz CT molecular complexity index is 1140. The number of carbonyl (C=O) groups excluding carboxylic acids is 1. The van der Waals surface area contributed by atoms with Gasteiger partial charge in [0, 0.05) is 38.1 Å². The summed E-state index contributed by atoms with van der Waals surface area (Å²) in [6.45, 7) is 12.6. The van der Waals surface area contributed by atoms with Crippen LogP contribution in [0.4, 0.5) is 10.6 Å². The van der Waals surface area contributed by atoms with E-state index < -0.39 is 0 Å². The van der Waals surface area contributed by atoms with Gasteiger partial charge in [-0.3, -0.25) is 0 Å². The summed E-state index contributed by atoms with van der Waals surface area (Å²) in [5.41, 5.74) is 2.14. The number of urea groups is 1. The lowest BCUT2D eigenvalue weighted by atomic mass is 10.1. The smallest absolute Gasteiger partial charge is 0.317 e. The Morgan fingerprint density at radius 3 is 2.44 bits per heavy atom. The Hall–Kier alpha value is -2.87. The van der Waals surface area contributed by atoms with Crippen LogP contribution >= 0.6 is 11.6 Å². The third kappa shape index (κ3) is 4.37. The number of rotatable bonds is 3. The number of anilines is 1. The van der Waals surface area contributed by atoms with E-state index in [2.05, 4.69) is 10.2 Å². The van der Waals surface area contributed by atoms with E-state index in [4.69, 9.17) is 26.7 Å². The number of benzene rings is 1. The normalized spacial score (nSPS) is 14.8. The summed E-state index contributed by atoms with van der Waals surface area (Å²) >= 11 is 6.46. The van der Waals surface area contributed by atoms with E-state index in [-0.39, 0.29) is 11.6 Å². The summed E-state index contributed by atoms with van der Waals surface area (Å²) in [5, 5.41) is 9.35. The molecule has 0 saturated carbocycles. The molecule has 0 unspecified atom stereocenters. The van der Waals surface area contributed by atoms with Gasteiger partial charge in [0.05, 0.1) is 21.8 Å². The molecule has 1 fully saturated rings. The van der Waals surface area contributed by atoms with Crippen molar-refractivity contribution in [1.82, 2.24) is 30.0 Å². The molecule has 32 heavy (non-hydrogen) atoms. The van der Waals surface area contributed by atoms with Crippen LogP contribution in [0.1, 0.15) is 39.2 Å². The molecule has 3 heterocycles. The predicted octanol–water partition coefficient (Wildman–Crippen LogP) is 3.97. The number of carbonyl (C=O) groups is 1. The molecule has 2 aromatic heterocycles. The van der Waals surface area contributed by atoms with Crippen LogP contribution in [0.25, 0.3) is 16.7 Å². The van der Waals surface area contributed by atoms with Crippen LogP contribution in [0.5, 0.6) is 0 Å². The van der Waals surface area contributed by atoms with Crippen LogP contribution in [0.15, 0.2) is 24.3 Å². The molecule has 1 saturated heterocycles. The zero-order valence-corrected chi connectivity index (χ0v) is 20.1. The monoisotopic (exact) mass is 455 g/mol. The number of nitrogens with one attached hydrogen (secondary N) is 1. The molecule has 0 radical (unpaired) electrons. The first-order chi connectivity index (χ1) is 15.2.